The average Bonchev–Trinajstić information content (AvgIpc) is 2.39. The fourth-order valence-corrected chi connectivity index (χ4v) is 3.08. The van der Waals surface area contributed by atoms with E-state index in [2.05, 4.69) is 68.4 Å². The third-order valence-corrected chi connectivity index (χ3v) is 4.46. The number of hydrogen-bond donors (Lipinski definition) is 1. The SMILES string of the molecule is CNC1CCC(C)(C)N(C(C)c2ccccc2)C1. The van der Waals surface area contributed by atoms with Crippen molar-refractivity contribution in [2.75, 3.05) is 13.6 Å². The van der Waals surface area contributed by atoms with Gasteiger partial charge < -0.3 is 5.32 Å². The molecule has 0 aliphatic carbocycles. The van der Waals surface area contributed by atoms with Crippen LogP contribution < -0.4 is 5.32 Å². The van der Waals surface area contributed by atoms with Crippen LogP contribution in [0.2, 0.25) is 0 Å². The van der Waals surface area contributed by atoms with Crippen LogP contribution in [0.5, 0.6) is 0 Å². The van der Waals surface area contributed by atoms with Gasteiger partial charge in [-0.3, -0.25) is 4.90 Å². The van der Waals surface area contributed by atoms with E-state index in [0.717, 1.165) is 6.54 Å². The monoisotopic (exact) mass is 246 g/mol. The summed E-state index contributed by atoms with van der Waals surface area (Å²) >= 11 is 0. The van der Waals surface area contributed by atoms with Gasteiger partial charge >= 0.3 is 0 Å². The number of benzene rings is 1. The Morgan fingerprint density at radius 2 is 1.94 bits per heavy atom. The largest absolute Gasteiger partial charge is 0.316 e. The highest BCUT2D eigenvalue weighted by Crippen LogP contribution is 2.35. The van der Waals surface area contributed by atoms with Crippen molar-refractivity contribution in [2.24, 2.45) is 0 Å². The second-order valence-corrected chi connectivity index (χ2v) is 6.08. The molecular weight excluding hydrogens is 220 g/mol. The maximum atomic E-state index is 3.44. The maximum absolute atomic E-state index is 3.44. The molecule has 1 aliphatic heterocycles. The van der Waals surface area contributed by atoms with Crippen LogP contribution in [0, 0.1) is 0 Å². The highest BCUT2D eigenvalue weighted by Gasteiger charge is 2.36. The summed E-state index contributed by atoms with van der Waals surface area (Å²) in [6, 6.07) is 12.0. The zero-order valence-electron chi connectivity index (χ0n) is 12.1. The summed E-state index contributed by atoms with van der Waals surface area (Å²) in [5.74, 6) is 0. The first-order chi connectivity index (χ1) is 8.54. The number of likely N-dealkylation sites (tertiary alicyclic amines) is 1. The van der Waals surface area contributed by atoms with Crippen molar-refractivity contribution >= 4 is 0 Å². The molecule has 1 fully saturated rings. The van der Waals surface area contributed by atoms with Gasteiger partial charge in [-0.25, -0.2) is 0 Å². The van der Waals surface area contributed by atoms with Crippen molar-refractivity contribution < 1.29 is 0 Å². The Hall–Kier alpha value is -0.860. The van der Waals surface area contributed by atoms with E-state index in [1.807, 2.05) is 0 Å². The zero-order valence-corrected chi connectivity index (χ0v) is 12.1. The van der Waals surface area contributed by atoms with Gasteiger partial charge in [0.25, 0.3) is 0 Å². The lowest BCUT2D eigenvalue weighted by atomic mass is 9.85. The lowest BCUT2D eigenvalue weighted by Crippen LogP contribution is -2.55. The van der Waals surface area contributed by atoms with E-state index < -0.39 is 0 Å². The van der Waals surface area contributed by atoms with Crippen LogP contribution in [-0.4, -0.2) is 30.1 Å². The van der Waals surface area contributed by atoms with E-state index in [4.69, 9.17) is 0 Å². The van der Waals surface area contributed by atoms with Crippen molar-refractivity contribution in [3.63, 3.8) is 0 Å². The Kier molecular flexibility index (Phi) is 4.08. The molecule has 1 aliphatic rings. The molecule has 2 heteroatoms. The van der Waals surface area contributed by atoms with Crippen molar-refractivity contribution in [1.29, 1.82) is 0 Å². The van der Waals surface area contributed by atoms with Gasteiger partial charge in [0.1, 0.15) is 0 Å². The van der Waals surface area contributed by atoms with E-state index in [9.17, 15) is 0 Å². The molecule has 1 aromatic carbocycles. The second-order valence-electron chi connectivity index (χ2n) is 6.08. The lowest BCUT2D eigenvalue weighted by Gasteiger charge is -2.48. The minimum atomic E-state index is 0.294. The van der Waals surface area contributed by atoms with Gasteiger partial charge in [0.15, 0.2) is 0 Å². The smallest absolute Gasteiger partial charge is 0.0325 e. The molecule has 100 valence electrons. The number of rotatable bonds is 3. The summed E-state index contributed by atoms with van der Waals surface area (Å²) in [5, 5.41) is 3.44. The molecule has 2 nitrogen and oxygen atoms in total. The quantitative estimate of drug-likeness (QED) is 0.881. The summed E-state index contributed by atoms with van der Waals surface area (Å²) in [4.78, 5) is 2.65. The van der Waals surface area contributed by atoms with Gasteiger partial charge in [-0.1, -0.05) is 30.3 Å². The molecule has 2 unspecified atom stereocenters. The molecule has 1 heterocycles. The molecule has 1 N–H and O–H groups in total. The zero-order chi connectivity index (χ0) is 13.2. The van der Waals surface area contributed by atoms with Gasteiger partial charge in [-0.15, -0.1) is 0 Å². The van der Waals surface area contributed by atoms with Crippen LogP contribution in [0.4, 0.5) is 0 Å². The molecule has 0 bridgehead atoms. The summed E-state index contributed by atoms with van der Waals surface area (Å²) < 4.78 is 0. The van der Waals surface area contributed by atoms with Gasteiger partial charge in [0.2, 0.25) is 0 Å². The molecule has 0 spiro atoms. The topological polar surface area (TPSA) is 15.3 Å². The Morgan fingerprint density at radius 3 is 2.56 bits per heavy atom. The predicted octanol–water partition coefficient (Wildman–Crippen LogP) is 3.21. The fourth-order valence-electron chi connectivity index (χ4n) is 3.08. The van der Waals surface area contributed by atoms with Gasteiger partial charge in [0.05, 0.1) is 0 Å². The third-order valence-electron chi connectivity index (χ3n) is 4.46. The molecule has 0 radical (unpaired) electrons. The fraction of sp³-hybridized carbons (Fsp3) is 0.625. The number of hydrogen-bond acceptors (Lipinski definition) is 2. The summed E-state index contributed by atoms with van der Waals surface area (Å²) in [6.45, 7) is 8.21. The first-order valence-electron chi connectivity index (χ1n) is 7.03. The average molecular weight is 246 g/mol. The molecule has 1 saturated heterocycles. The molecule has 18 heavy (non-hydrogen) atoms. The first-order valence-corrected chi connectivity index (χ1v) is 7.03. The maximum Gasteiger partial charge on any atom is 0.0325 e. The molecule has 0 saturated carbocycles. The number of piperidine rings is 1. The van der Waals surface area contributed by atoms with Crippen LogP contribution >= 0.6 is 0 Å². The second kappa shape index (κ2) is 5.41. The van der Waals surface area contributed by atoms with Crippen molar-refractivity contribution in [1.82, 2.24) is 10.2 Å². The normalized spacial score (nSPS) is 25.9. The highest BCUT2D eigenvalue weighted by atomic mass is 15.2. The van der Waals surface area contributed by atoms with Crippen molar-refractivity contribution in [2.45, 2.75) is 51.2 Å². The number of likely N-dealkylation sites (N-methyl/N-ethyl adjacent to an activating group) is 1. The number of nitrogens with zero attached hydrogens (tertiary/aromatic N) is 1. The van der Waals surface area contributed by atoms with Crippen molar-refractivity contribution in [3.05, 3.63) is 35.9 Å². The van der Waals surface area contributed by atoms with E-state index in [1.54, 1.807) is 0 Å². The standard InChI is InChI=1S/C16H26N2/c1-13(14-8-6-5-7-9-14)18-12-15(17-4)10-11-16(18,2)3/h5-9,13,15,17H,10-12H2,1-4H3. The summed E-state index contributed by atoms with van der Waals surface area (Å²) in [6.07, 6.45) is 2.54. The molecule has 1 aromatic rings. The van der Waals surface area contributed by atoms with Crippen LogP contribution in [0.25, 0.3) is 0 Å². The van der Waals surface area contributed by atoms with E-state index in [-0.39, 0.29) is 0 Å². The number of nitrogens with one attached hydrogen (secondary N) is 1. The van der Waals surface area contributed by atoms with E-state index in [0.29, 0.717) is 17.6 Å². The molecule has 0 amide bonds. The van der Waals surface area contributed by atoms with Gasteiger partial charge in [-0.05, 0) is 46.2 Å². The molecule has 0 aromatic heterocycles. The minimum absolute atomic E-state index is 0.294. The van der Waals surface area contributed by atoms with E-state index >= 15 is 0 Å². The van der Waals surface area contributed by atoms with Crippen LogP contribution in [0.15, 0.2) is 30.3 Å². The molecule has 2 atom stereocenters. The summed E-state index contributed by atoms with van der Waals surface area (Å²) in [5.41, 5.74) is 1.71. The Morgan fingerprint density at radius 1 is 1.28 bits per heavy atom. The van der Waals surface area contributed by atoms with Gasteiger partial charge in [0, 0.05) is 24.2 Å². The van der Waals surface area contributed by atoms with Crippen molar-refractivity contribution in [3.8, 4) is 0 Å². The Balaban J connectivity index is 2.18. The molecular formula is C16H26N2. The minimum Gasteiger partial charge on any atom is -0.316 e. The molecule has 2 rings (SSSR count). The van der Waals surface area contributed by atoms with Crippen LogP contribution in [-0.2, 0) is 0 Å². The van der Waals surface area contributed by atoms with Gasteiger partial charge in [-0.2, -0.15) is 0 Å². The van der Waals surface area contributed by atoms with E-state index in [1.165, 1.54) is 18.4 Å². The Bertz CT molecular complexity index is 372. The Labute approximate surface area is 111 Å². The third kappa shape index (κ3) is 2.76. The highest BCUT2D eigenvalue weighted by molar-refractivity contribution is 5.19. The predicted molar refractivity (Wildman–Crippen MR) is 77.7 cm³/mol. The van der Waals surface area contributed by atoms with Crippen LogP contribution in [0.3, 0.4) is 0 Å². The summed E-state index contributed by atoms with van der Waals surface area (Å²) in [7, 11) is 2.08. The first kappa shape index (κ1) is 13.6. The lowest BCUT2D eigenvalue weighted by molar-refractivity contribution is 0.0244. The van der Waals surface area contributed by atoms with Crippen LogP contribution in [0.1, 0.15) is 45.2 Å².